The van der Waals surface area contributed by atoms with Crippen molar-refractivity contribution in [2.75, 3.05) is 45.2 Å². The first-order valence-electron chi connectivity index (χ1n) is 10.4. The van der Waals surface area contributed by atoms with Crippen molar-refractivity contribution in [3.63, 3.8) is 0 Å². The fourth-order valence-electron chi connectivity index (χ4n) is 3.62. The lowest BCUT2D eigenvalue weighted by molar-refractivity contribution is -0.130. The van der Waals surface area contributed by atoms with Gasteiger partial charge in [0.05, 0.1) is 11.7 Å². The Kier molecular flexibility index (Phi) is 5.94. The molecule has 2 aliphatic rings. The number of likely N-dealkylation sites (tertiary alicyclic amines) is 1. The van der Waals surface area contributed by atoms with E-state index in [1.54, 1.807) is 18.5 Å². The van der Waals surface area contributed by atoms with Gasteiger partial charge in [-0.1, -0.05) is 6.08 Å². The molecule has 0 bridgehead atoms. The number of nitrogens with one attached hydrogen (secondary N) is 1. The van der Waals surface area contributed by atoms with E-state index < -0.39 is 0 Å². The number of amides is 1. The normalized spacial score (nSPS) is 16.8. The topological polar surface area (TPSA) is 85.4 Å². The average Bonchev–Trinajstić information content (AvgIpc) is 3.51. The van der Waals surface area contributed by atoms with Crippen LogP contribution in [-0.2, 0) is 4.79 Å². The van der Waals surface area contributed by atoms with Gasteiger partial charge in [-0.15, -0.1) is 0 Å². The molecule has 1 aliphatic heterocycles. The summed E-state index contributed by atoms with van der Waals surface area (Å²) in [6, 6.07) is 3.89. The van der Waals surface area contributed by atoms with Crippen molar-refractivity contribution in [1.82, 2.24) is 24.8 Å². The van der Waals surface area contributed by atoms with Crippen molar-refractivity contribution >= 4 is 11.6 Å². The van der Waals surface area contributed by atoms with Crippen LogP contribution in [0.2, 0.25) is 0 Å². The third-order valence-corrected chi connectivity index (χ3v) is 5.57. The zero-order chi connectivity index (χ0) is 21.1. The quantitative estimate of drug-likeness (QED) is 0.664. The van der Waals surface area contributed by atoms with Crippen molar-refractivity contribution in [3.05, 3.63) is 53.4 Å². The number of nitrogens with zero attached hydrogens (tertiary/aromatic N) is 5. The molecule has 2 fully saturated rings. The predicted molar refractivity (Wildman–Crippen MR) is 116 cm³/mol. The number of H-pyrrole nitrogens is 1. The summed E-state index contributed by atoms with van der Waals surface area (Å²) in [6.45, 7) is 2.85. The van der Waals surface area contributed by atoms with Crippen LogP contribution in [0.4, 0.5) is 5.69 Å². The summed E-state index contributed by atoms with van der Waals surface area (Å²) in [4.78, 5) is 42.2. The fourth-order valence-corrected chi connectivity index (χ4v) is 3.62. The molecule has 158 valence electrons. The van der Waals surface area contributed by atoms with Crippen molar-refractivity contribution in [1.29, 1.82) is 0 Å². The first-order chi connectivity index (χ1) is 14.5. The SMILES string of the molecule is CN(C)C/C=C/C(=O)N1CC(N(CC2CC2)c2cc(-c3ccncn3)c[nH]c2=O)C1. The number of hydrogen-bond donors (Lipinski definition) is 1. The maximum atomic E-state index is 12.7. The summed E-state index contributed by atoms with van der Waals surface area (Å²) in [5, 5.41) is 0. The van der Waals surface area contributed by atoms with E-state index in [1.165, 1.54) is 19.2 Å². The minimum absolute atomic E-state index is 0.0307. The smallest absolute Gasteiger partial charge is 0.271 e. The summed E-state index contributed by atoms with van der Waals surface area (Å²) in [6.07, 6.45) is 10.8. The summed E-state index contributed by atoms with van der Waals surface area (Å²) in [5.41, 5.74) is 2.17. The van der Waals surface area contributed by atoms with E-state index in [9.17, 15) is 9.59 Å². The summed E-state index contributed by atoms with van der Waals surface area (Å²) in [7, 11) is 3.94. The van der Waals surface area contributed by atoms with Gasteiger partial charge in [0, 0.05) is 50.2 Å². The summed E-state index contributed by atoms with van der Waals surface area (Å²) >= 11 is 0. The number of aromatic amines is 1. The standard InChI is InChI=1S/C22H28N6O2/c1-26(2)9-3-4-21(29)27-13-18(14-27)28(12-16-5-6-16)20-10-17(11-24-22(20)30)19-7-8-23-15-25-19/h3-4,7-8,10-11,15-16,18H,5-6,9,12-14H2,1-2H3,(H,24,30)/b4-3+. The number of aromatic nitrogens is 3. The average molecular weight is 409 g/mol. The lowest BCUT2D eigenvalue weighted by atomic mass is 10.0. The molecule has 2 aromatic rings. The lowest BCUT2D eigenvalue weighted by Crippen LogP contribution is -2.62. The molecule has 1 saturated carbocycles. The third-order valence-electron chi connectivity index (χ3n) is 5.57. The van der Waals surface area contributed by atoms with Gasteiger partial charge in [0.15, 0.2) is 0 Å². The van der Waals surface area contributed by atoms with Gasteiger partial charge in [0.25, 0.3) is 5.56 Å². The highest BCUT2D eigenvalue weighted by Crippen LogP contribution is 2.33. The molecule has 2 aromatic heterocycles. The van der Waals surface area contributed by atoms with Crippen molar-refractivity contribution in [2.45, 2.75) is 18.9 Å². The Hall–Kier alpha value is -3.00. The van der Waals surface area contributed by atoms with Crippen LogP contribution < -0.4 is 10.5 Å². The van der Waals surface area contributed by atoms with Crippen molar-refractivity contribution in [3.8, 4) is 11.3 Å². The van der Waals surface area contributed by atoms with E-state index in [0.717, 1.165) is 24.3 Å². The molecule has 1 amide bonds. The Morgan fingerprint density at radius 2 is 2.13 bits per heavy atom. The second kappa shape index (κ2) is 8.79. The Bertz CT molecular complexity index is 961. The minimum Gasteiger partial charge on any atom is -0.360 e. The molecule has 1 N–H and O–H groups in total. The molecule has 0 radical (unpaired) electrons. The molecule has 1 aliphatic carbocycles. The van der Waals surface area contributed by atoms with Crippen molar-refractivity contribution < 1.29 is 4.79 Å². The highest BCUT2D eigenvalue weighted by molar-refractivity contribution is 5.88. The predicted octanol–water partition coefficient (Wildman–Crippen LogP) is 1.38. The molecule has 0 unspecified atom stereocenters. The highest BCUT2D eigenvalue weighted by Gasteiger charge is 2.37. The van der Waals surface area contributed by atoms with Crippen molar-refractivity contribution in [2.24, 2.45) is 5.92 Å². The van der Waals surface area contributed by atoms with Gasteiger partial charge in [-0.05, 0) is 45.0 Å². The van der Waals surface area contributed by atoms with E-state index in [2.05, 4.69) is 19.9 Å². The van der Waals surface area contributed by atoms with Crippen LogP contribution in [0.3, 0.4) is 0 Å². The first-order valence-corrected chi connectivity index (χ1v) is 10.4. The van der Waals surface area contributed by atoms with Gasteiger partial charge >= 0.3 is 0 Å². The van der Waals surface area contributed by atoms with E-state index in [4.69, 9.17) is 0 Å². The Balaban J connectivity index is 1.50. The number of rotatable bonds is 8. The van der Waals surface area contributed by atoms with E-state index in [1.807, 2.05) is 42.1 Å². The Labute approximate surface area is 176 Å². The summed E-state index contributed by atoms with van der Waals surface area (Å²) in [5.74, 6) is 0.653. The summed E-state index contributed by atoms with van der Waals surface area (Å²) < 4.78 is 0. The number of carbonyl (C=O) groups is 1. The van der Waals surface area contributed by atoms with Crippen LogP contribution in [0, 0.1) is 5.92 Å². The van der Waals surface area contributed by atoms with E-state index >= 15 is 0 Å². The number of anilines is 1. The first kappa shape index (κ1) is 20.3. The maximum Gasteiger partial charge on any atom is 0.271 e. The third kappa shape index (κ3) is 4.76. The number of carbonyl (C=O) groups excluding carboxylic acids is 1. The van der Waals surface area contributed by atoms with Gasteiger partial charge in [0.2, 0.25) is 5.91 Å². The number of likely N-dealkylation sites (N-methyl/N-ethyl adjacent to an activating group) is 1. The van der Waals surface area contributed by atoms with Crippen LogP contribution >= 0.6 is 0 Å². The second-order valence-electron chi connectivity index (χ2n) is 8.35. The monoisotopic (exact) mass is 408 g/mol. The molecule has 0 aromatic carbocycles. The Morgan fingerprint density at radius 1 is 1.33 bits per heavy atom. The van der Waals surface area contributed by atoms with Crippen LogP contribution in [0.5, 0.6) is 0 Å². The van der Waals surface area contributed by atoms with Gasteiger partial charge in [0.1, 0.15) is 12.0 Å². The van der Waals surface area contributed by atoms with E-state index in [0.29, 0.717) is 24.7 Å². The fraction of sp³-hybridized carbons (Fsp3) is 0.455. The van der Waals surface area contributed by atoms with Gasteiger partial charge < -0.3 is 19.7 Å². The largest absolute Gasteiger partial charge is 0.360 e. The van der Waals surface area contributed by atoms with Crippen LogP contribution in [0.25, 0.3) is 11.3 Å². The number of hydrogen-bond acceptors (Lipinski definition) is 6. The van der Waals surface area contributed by atoms with Gasteiger partial charge in [-0.2, -0.15) is 0 Å². The number of pyridine rings is 1. The van der Waals surface area contributed by atoms with Crippen LogP contribution in [-0.4, -0.2) is 77.0 Å². The zero-order valence-corrected chi connectivity index (χ0v) is 17.5. The molecule has 3 heterocycles. The molecule has 8 heteroatoms. The Morgan fingerprint density at radius 3 is 2.80 bits per heavy atom. The lowest BCUT2D eigenvalue weighted by Gasteiger charge is -2.46. The second-order valence-corrected chi connectivity index (χ2v) is 8.35. The molecule has 0 spiro atoms. The molecular formula is C22H28N6O2. The molecule has 1 saturated heterocycles. The van der Waals surface area contributed by atoms with Gasteiger partial charge in [-0.3, -0.25) is 9.59 Å². The maximum absolute atomic E-state index is 12.7. The molecule has 8 nitrogen and oxygen atoms in total. The molecular weight excluding hydrogens is 380 g/mol. The zero-order valence-electron chi connectivity index (χ0n) is 17.5. The molecule has 0 atom stereocenters. The minimum atomic E-state index is -0.107. The van der Waals surface area contributed by atoms with Crippen LogP contribution in [0.1, 0.15) is 12.8 Å². The highest BCUT2D eigenvalue weighted by atomic mass is 16.2. The van der Waals surface area contributed by atoms with Gasteiger partial charge in [-0.25, -0.2) is 9.97 Å². The van der Waals surface area contributed by atoms with E-state index in [-0.39, 0.29) is 17.5 Å². The van der Waals surface area contributed by atoms with Crippen LogP contribution in [0.15, 0.2) is 47.8 Å². The molecule has 4 rings (SSSR count). The molecule has 30 heavy (non-hydrogen) atoms.